The van der Waals surface area contributed by atoms with Gasteiger partial charge < -0.3 is 19.9 Å². The summed E-state index contributed by atoms with van der Waals surface area (Å²) in [5.41, 5.74) is 0.524. The molecule has 43 heavy (non-hydrogen) atoms. The molecule has 0 aromatic heterocycles. The number of piperidine rings is 1. The van der Waals surface area contributed by atoms with Crippen molar-refractivity contribution in [2.75, 3.05) is 33.4 Å². The molecule has 1 aromatic rings. The summed E-state index contributed by atoms with van der Waals surface area (Å²) in [5.74, 6) is -1.11. The number of Topliss-reactive ketones (excluding diaryl/α,β-unsaturated/α-hetero) is 3. The van der Waals surface area contributed by atoms with E-state index in [1.165, 1.54) is 5.57 Å². The molecule has 2 aliphatic heterocycles. The first-order chi connectivity index (χ1) is 20.4. The average Bonchev–Trinajstić information content (AvgIpc) is 3.51. The van der Waals surface area contributed by atoms with E-state index >= 15 is 0 Å². The van der Waals surface area contributed by atoms with E-state index in [-0.39, 0.29) is 49.1 Å². The second-order valence-corrected chi connectivity index (χ2v) is 13.2. The van der Waals surface area contributed by atoms with Gasteiger partial charge in [-0.1, -0.05) is 30.7 Å². The SMILES string of the molecule is COc1ccc(CC(NC(=O)C(C)CC(=O)CN2CCC(C)(O)CC2)C(=O)CC(CC2=CCCC2)C(=O)C2(C)CO2)cc1. The van der Waals surface area contributed by atoms with Crippen LogP contribution in [-0.4, -0.2) is 83.9 Å². The first kappa shape index (κ1) is 33.0. The Kier molecular flexibility index (Phi) is 11.0. The molecule has 1 amide bonds. The number of allylic oxidation sites excluding steroid dienone is 2. The molecule has 0 saturated carbocycles. The molecular formula is C34H48N2O7. The van der Waals surface area contributed by atoms with E-state index in [9.17, 15) is 24.3 Å². The van der Waals surface area contributed by atoms with Crippen molar-refractivity contribution in [3.63, 3.8) is 0 Å². The van der Waals surface area contributed by atoms with Crippen LogP contribution in [0.2, 0.25) is 0 Å². The number of ether oxygens (including phenoxy) is 2. The van der Waals surface area contributed by atoms with Crippen molar-refractivity contribution in [3.8, 4) is 5.75 Å². The summed E-state index contributed by atoms with van der Waals surface area (Å²) in [4.78, 5) is 55.4. The first-order valence-electron chi connectivity index (χ1n) is 15.7. The molecule has 1 aliphatic carbocycles. The summed E-state index contributed by atoms with van der Waals surface area (Å²) >= 11 is 0. The summed E-state index contributed by atoms with van der Waals surface area (Å²) in [5, 5.41) is 13.1. The predicted octanol–water partition coefficient (Wildman–Crippen LogP) is 3.60. The van der Waals surface area contributed by atoms with Gasteiger partial charge in [0.25, 0.3) is 0 Å². The van der Waals surface area contributed by atoms with E-state index < -0.39 is 29.1 Å². The van der Waals surface area contributed by atoms with E-state index in [0.717, 1.165) is 24.8 Å². The molecule has 9 nitrogen and oxygen atoms in total. The minimum Gasteiger partial charge on any atom is -0.497 e. The highest BCUT2D eigenvalue weighted by Gasteiger charge is 2.50. The molecule has 1 aromatic carbocycles. The fraction of sp³-hybridized carbons (Fsp3) is 0.647. The number of amides is 1. The number of epoxide rings is 1. The number of methoxy groups -OCH3 is 1. The van der Waals surface area contributed by atoms with Gasteiger partial charge >= 0.3 is 0 Å². The van der Waals surface area contributed by atoms with Gasteiger partial charge in [-0.2, -0.15) is 0 Å². The Bertz CT molecular complexity index is 1190. The van der Waals surface area contributed by atoms with Crippen LogP contribution in [0.4, 0.5) is 0 Å². The third-order valence-electron chi connectivity index (χ3n) is 9.18. The van der Waals surface area contributed by atoms with Gasteiger partial charge in [-0.15, -0.1) is 0 Å². The second-order valence-electron chi connectivity index (χ2n) is 13.2. The van der Waals surface area contributed by atoms with E-state index in [2.05, 4.69) is 11.4 Å². The number of carbonyl (C=O) groups is 4. The normalized spacial score (nSPS) is 23.5. The topological polar surface area (TPSA) is 126 Å². The number of hydrogen-bond donors (Lipinski definition) is 2. The van der Waals surface area contributed by atoms with E-state index in [1.54, 1.807) is 21.0 Å². The Balaban J connectivity index is 1.42. The number of hydrogen-bond acceptors (Lipinski definition) is 8. The average molecular weight is 597 g/mol. The molecule has 2 fully saturated rings. The Morgan fingerprint density at radius 2 is 1.74 bits per heavy atom. The number of aliphatic hydroxyl groups is 1. The lowest BCUT2D eigenvalue weighted by Crippen LogP contribution is -2.47. The zero-order valence-electron chi connectivity index (χ0n) is 26.2. The number of ketones is 3. The fourth-order valence-corrected chi connectivity index (χ4v) is 6.06. The molecule has 0 bridgehead atoms. The largest absolute Gasteiger partial charge is 0.497 e. The maximum absolute atomic E-state index is 13.9. The van der Waals surface area contributed by atoms with E-state index in [1.807, 2.05) is 36.1 Å². The standard InChI is InChI=1S/C34H48N2O7/c1-23(17-27(37)21-36-15-13-33(2,41)14-16-36)32(40)35-29(19-25-9-11-28(42-4)12-10-25)30(38)20-26(18-24-7-5-6-8-24)31(39)34(3)22-43-34/h7,9-12,23,26,29,41H,5-6,8,13-22H2,1-4H3,(H,35,40). The molecule has 2 heterocycles. The lowest BCUT2D eigenvalue weighted by Gasteiger charge is -2.35. The number of nitrogens with one attached hydrogen (secondary N) is 1. The zero-order valence-corrected chi connectivity index (χ0v) is 26.2. The third kappa shape index (κ3) is 9.55. The molecule has 4 atom stereocenters. The molecule has 9 heteroatoms. The molecular weight excluding hydrogens is 548 g/mol. The smallest absolute Gasteiger partial charge is 0.223 e. The number of benzene rings is 1. The van der Waals surface area contributed by atoms with Crippen LogP contribution in [0.15, 0.2) is 35.9 Å². The summed E-state index contributed by atoms with van der Waals surface area (Å²) in [6.07, 6.45) is 7.24. The molecule has 4 rings (SSSR count). The van der Waals surface area contributed by atoms with Crippen LogP contribution in [0.25, 0.3) is 0 Å². The maximum atomic E-state index is 13.9. The van der Waals surface area contributed by atoms with Crippen molar-refractivity contribution in [2.45, 2.75) is 95.8 Å². The number of likely N-dealkylation sites (tertiary alicyclic amines) is 1. The number of carbonyl (C=O) groups excluding carboxylic acids is 4. The molecule has 0 radical (unpaired) electrons. The fourth-order valence-electron chi connectivity index (χ4n) is 6.06. The van der Waals surface area contributed by atoms with Gasteiger partial charge in [-0.3, -0.25) is 24.1 Å². The predicted molar refractivity (Wildman–Crippen MR) is 163 cm³/mol. The Labute approximate surface area is 255 Å². The second kappa shape index (κ2) is 14.3. The van der Waals surface area contributed by atoms with Gasteiger partial charge in [-0.25, -0.2) is 0 Å². The molecule has 0 spiro atoms. The van der Waals surface area contributed by atoms with E-state index in [4.69, 9.17) is 9.47 Å². The van der Waals surface area contributed by atoms with Crippen molar-refractivity contribution in [3.05, 3.63) is 41.5 Å². The molecule has 236 valence electrons. The highest BCUT2D eigenvalue weighted by Crippen LogP contribution is 2.35. The Morgan fingerprint density at radius 3 is 2.33 bits per heavy atom. The quantitative estimate of drug-likeness (QED) is 0.219. The molecule has 2 saturated heterocycles. The summed E-state index contributed by atoms with van der Waals surface area (Å²) in [6.45, 7) is 7.17. The van der Waals surface area contributed by atoms with Crippen molar-refractivity contribution >= 4 is 23.3 Å². The van der Waals surface area contributed by atoms with Crippen LogP contribution in [0.1, 0.15) is 77.7 Å². The van der Waals surface area contributed by atoms with Crippen LogP contribution < -0.4 is 10.1 Å². The molecule has 3 aliphatic rings. The van der Waals surface area contributed by atoms with Gasteiger partial charge in [0.1, 0.15) is 17.1 Å². The monoisotopic (exact) mass is 596 g/mol. The van der Waals surface area contributed by atoms with Crippen LogP contribution in [-0.2, 0) is 30.3 Å². The maximum Gasteiger partial charge on any atom is 0.223 e. The van der Waals surface area contributed by atoms with Gasteiger partial charge in [0.15, 0.2) is 11.6 Å². The van der Waals surface area contributed by atoms with Crippen LogP contribution in [0.3, 0.4) is 0 Å². The van der Waals surface area contributed by atoms with Gasteiger partial charge in [0.05, 0.1) is 31.9 Å². The summed E-state index contributed by atoms with van der Waals surface area (Å²) in [7, 11) is 1.58. The third-order valence-corrected chi connectivity index (χ3v) is 9.18. The van der Waals surface area contributed by atoms with Crippen molar-refractivity contribution < 1.29 is 33.8 Å². The Morgan fingerprint density at radius 1 is 1.07 bits per heavy atom. The minimum absolute atomic E-state index is 0.0161. The van der Waals surface area contributed by atoms with Crippen LogP contribution in [0.5, 0.6) is 5.75 Å². The number of rotatable bonds is 16. The van der Waals surface area contributed by atoms with Crippen molar-refractivity contribution in [2.24, 2.45) is 11.8 Å². The zero-order chi connectivity index (χ0) is 31.2. The number of nitrogens with zero attached hydrogens (tertiary/aromatic N) is 1. The van der Waals surface area contributed by atoms with E-state index in [0.29, 0.717) is 44.7 Å². The Hall–Kier alpha value is -2.88. The molecule has 2 N–H and O–H groups in total. The van der Waals surface area contributed by atoms with Crippen molar-refractivity contribution in [1.82, 2.24) is 10.2 Å². The highest BCUT2D eigenvalue weighted by molar-refractivity contribution is 5.97. The van der Waals surface area contributed by atoms with Crippen molar-refractivity contribution in [1.29, 1.82) is 0 Å². The van der Waals surface area contributed by atoms with Crippen LogP contribution >= 0.6 is 0 Å². The van der Waals surface area contributed by atoms with Crippen LogP contribution in [0, 0.1) is 11.8 Å². The summed E-state index contributed by atoms with van der Waals surface area (Å²) in [6, 6.07) is 6.50. The lowest BCUT2D eigenvalue weighted by atomic mass is 9.83. The minimum atomic E-state index is -0.844. The lowest BCUT2D eigenvalue weighted by molar-refractivity contribution is -0.134. The highest BCUT2D eigenvalue weighted by atomic mass is 16.6. The first-order valence-corrected chi connectivity index (χ1v) is 15.7. The van der Waals surface area contributed by atoms with Gasteiger partial charge in [-0.05, 0) is 76.5 Å². The van der Waals surface area contributed by atoms with Gasteiger partial charge in [0.2, 0.25) is 5.91 Å². The van der Waals surface area contributed by atoms with Gasteiger partial charge in [0, 0.05) is 37.8 Å². The summed E-state index contributed by atoms with van der Waals surface area (Å²) < 4.78 is 10.7. The molecule has 4 unspecified atom stereocenters.